The Bertz CT molecular complexity index is 218. The van der Waals surface area contributed by atoms with Crippen LogP contribution in [0.5, 0.6) is 0 Å². The first kappa shape index (κ1) is 6.99. The molecule has 0 radical (unpaired) electrons. The largest absolute Gasteiger partial charge is 0.340 e. The topological polar surface area (TPSA) is 46.2 Å². The average Bonchev–Trinajstić information content (AvgIpc) is 2.46. The third kappa shape index (κ3) is 1.43. The molecule has 0 bridgehead atoms. The molecule has 1 atom stereocenters. The molecule has 54 valence electrons. The highest BCUT2D eigenvalue weighted by Crippen LogP contribution is 2.17. The molecule has 3 heteroatoms. The van der Waals surface area contributed by atoms with E-state index in [9.17, 15) is 9.59 Å². The van der Waals surface area contributed by atoms with E-state index in [-0.39, 0.29) is 6.04 Å². The Morgan fingerprint density at radius 2 is 2.10 bits per heavy atom. The number of rotatable bonds is 2. The van der Waals surface area contributed by atoms with E-state index < -0.39 is 11.7 Å². The minimum absolute atomic E-state index is 0.0522. The number of carbonyl (C=O) groups excluding carboxylic acids is 2. The second kappa shape index (κ2) is 2.25. The number of hydrogen-bond donors (Lipinski definition) is 1. The molecule has 0 fully saturated rings. The van der Waals surface area contributed by atoms with Gasteiger partial charge in [0.1, 0.15) is 0 Å². The quantitative estimate of drug-likeness (QED) is 0.433. The smallest absolute Gasteiger partial charge is 0.287 e. The highest BCUT2D eigenvalue weighted by molar-refractivity contribution is 6.35. The molecule has 0 aromatic carbocycles. The molecule has 0 saturated carbocycles. The summed E-state index contributed by atoms with van der Waals surface area (Å²) in [5.41, 5.74) is 1.12. The number of amides is 1. The lowest BCUT2D eigenvalue weighted by Crippen LogP contribution is -2.32. The van der Waals surface area contributed by atoms with Gasteiger partial charge < -0.3 is 5.32 Å². The average molecular weight is 139 g/mol. The van der Waals surface area contributed by atoms with Gasteiger partial charge in [0, 0.05) is 6.92 Å². The highest BCUT2D eigenvalue weighted by Gasteiger charge is 2.22. The number of nitrogens with one attached hydrogen (secondary N) is 1. The van der Waals surface area contributed by atoms with E-state index in [2.05, 4.69) is 5.32 Å². The molecule has 1 N–H and O–H groups in total. The van der Waals surface area contributed by atoms with Crippen molar-refractivity contribution in [2.24, 2.45) is 0 Å². The van der Waals surface area contributed by atoms with E-state index in [4.69, 9.17) is 0 Å². The molecule has 0 aliphatic heterocycles. The van der Waals surface area contributed by atoms with Crippen molar-refractivity contribution >= 4 is 11.7 Å². The third-order valence-electron chi connectivity index (χ3n) is 1.42. The van der Waals surface area contributed by atoms with Crippen LogP contribution in [-0.4, -0.2) is 17.7 Å². The number of carbonyl (C=O) groups is 2. The van der Waals surface area contributed by atoms with Crippen LogP contribution in [-0.2, 0) is 9.59 Å². The molecule has 10 heavy (non-hydrogen) atoms. The molecule has 1 unspecified atom stereocenters. The lowest BCUT2D eigenvalue weighted by Gasteiger charge is -1.98. The van der Waals surface area contributed by atoms with Crippen molar-refractivity contribution < 1.29 is 9.59 Å². The van der Waals surface area contributed by atoms with E-state index in [0.717, 1.165) is 5.57 Å². The number of hydrogen-bond acceptors (Lipinski definition) is 2. The molecular formula is C7H9NO2. The molecule has 1 aliphatic rings. The Balaban J connectivity index is 2.28. The molecule has 0 saturated heterocycles. The minimum atomic E-state index is -0.502. The van der Waals surface area contributed by atoms with Gasteiger partial charge in [0.15, 0.2) is 0 Å². The van der Waals surface area contributed by atoms with Gasteiger partial charge in [-0.3, -0.25) is 9.59 Å². The summed E-state index contributed by atoms with van der Waals surface area (Å²) in [6.45, 7) is 3.16. The fourth-order valence-corrected chi connectivity index (χ4v) is 0.613. The first-order chi connectivity index (χ1) is 4.61. The van der Waals surface area contributed by atoms with Gasteiger partial charge in [0.05, 0.1) is 6.04 Å². The lowest BCUT2D eigenvalue weighted by atomic mass is 10.4. The van der Waals surface area contributed by atoms with Crippen LogP contribution in [0.2, 0.25) is 0 Å². The van der Waals surface area contributed by atoms with Crippen molar-refractivity contribution in [3.05, 3.63) is 11.6 Å². The summed E-state index contributed by atoms with van der Waals surface area (Å²) in [6.07, 6.45) is 1.89. The van der Waals surface area contributed by atoms with Crippen LogP contribution in [0.4, 0.5) is 0 Å². The first-order valence-electron chi connectivity index (χ1n) is 3.11. The van der Waals surface area contributed by atoms with Gasteiger partial charge in [0.25, 0.3) is 5.91 Å². The molecule has 3 nitrogen and oxygen atoms in total. The van der Waals surface area contributed by atoms with Crippen molar-refractivity contribution in [2.45, 2.75) is 19.9 Å². The van der Waals surface area contributed by atoms with E-state index >= 15 is 0 Å². The molecule has 1 amide bonds. The molecule has 0 aromatic rings. The molecule has 1 aliphatic carbocycles. The Kier molecular flexibility index (Phi) is 1.57. The van der Waals surface area contributed by atoms with Crippen LogP contribution >= 0.6 is 0 Å². The number of ketones is 1. The monoisotopic (exact) mass is 139 g/mol. The molecular weight excluding hydrogens is 130 g/mol. The van der Waals surface area contributed by atoms with E-state index in [1.54, 1.807) is 0 Å². The predicted molar refractivity (Wildman–Crippen MR) is 36.4 cm³/mol. The fourth-order valence-electron chi connectivity index (χ4n) is 0.613. The molecule has 0 heterocycles. The van der Waals surface area contributed by atoms with Crippen molar-refractivity contribution in [1.29, 1.82) is 0 Å². The summed E-state index contributed by atoms with van der Waals surface area (Å²) < 4.78 is 0. The van der Waals surface area contributed by atoms with Gasteiger partial charge in [0.2, 0.25) is 5.78 Å². The Labute approximate surface area is 59.1 Å². The van der Waals surface area contributed by atoms with Gasteiger partial charge in [-0.25, -0.2) is 0 Å². The molecule has 0 aromatic heterocycles. The Morgan fingerprint density at radius 3 is 2.40 bits per heavy atom. The second-order valence-electron chi connectivity index (χ2n) is 2.42. The van der Waals surface area contributed by atoms with Crippen LogP contribution in [0.25, 0.3) is 0 Å². The van der Waals surface area contributed by atoms with Gasteiger partial charge >= 0.3 is 0 Å². The zero-order valence-electron chi connectivity index (χ0n) is 5.97. The maximum absolute atomic E-state index is 10.6. The zero-order valence-corrected chi connectivity index (χ0v) is 5.97. The van der Waals surface area contributed by atoms with Crippen molar-refractivity contribution in [1.82, 2.24) is 5.32 Å². The summed E-state index contributed by atoms with van der Waals surface area (Å²) in [7, 11) is 0. The summed E-state index contributed by atoms with van der Waals surface area (Å²) in [4.78, 5) is 21.0. The third-order valence-corrected chi connectivity index (χ3v) is 1.42. The highest BCUT2D eigenvalue weighted by atomic mass is 16.2. The van der Waals surface area contributed by atoms with Crippen molar-refractivity contribution in [2.75, 3.05) is 0 Å². The van der Waals surface area contributed by atoms with E-state index in [1.807, 2.05) is 13.0 Å². The van der Waals surface area contributed by atoms with Gasteiger partial charge in [-0.2, -0.15) is 0 Å². The van der Waals surface area contributed by atoms with Crippen LogP contribution in [0, 0.1) is 0 Å². The van der Waals surface area contributed by atoms with Gasteiger partial charge in [-0.1, -0.05) is 6.08 Å². The SMILES string of the molecule is CC(=O)C(=O)NC1C=C1C. The van der Waals surface area contributed by atoms with E-state index in [1.165, 1.54) is 6.92 Å². The van der Waals surface area contributed by atoms with Crippen molar-refractivity contribution in [3.63, 3.8) is 0 Å². The molecule has 1 rings (SSSR count). The summed E-state index contributed by atoms with van der Waals surface area (Å²) in [5.74, 6) is -0.939. The first-order valence-corrected chi connectivity index (χ1v) is 3.11. The summed E-state index contributed by atoms with van der Waals surface area (Å²) in [6, 6.07) is 0.0522. The Hall–Kier alpha value is -1.12. The maximum atomic E-state index is 10.6. The Morgan fingerprint density at radius 1 is 1.60 bits per heavy atom. The second-order valence-corrected chi connectivity index (χ2v) is 2.42. The number of Topliss-reactive ketones (excluding diaryl/α,β-unsaturated/α-hetero) is 1. The van der Waals surface area contributed by atoms with Crippen LogP contribution < -0.4 is 5.32 Å². The van der Waals surface area contributed by atoms with Crippen LogP contribution in [0.15, 0.2) is 11.6 Å². The lowest BCUT2D eigenvalue weighted by molar-refractivity contribution is -0.136. The minimum Gasteiger partial charge on any atom is -0.340 e. The normalized spacial score (nSPS) is 21.4. The molecule has 0 spiro atoms. The zero-order chi connectivity index (χ0) is 7.72. The van der Waals surface area contributed by atoms with Crippen molar-refractivity contribution in [3.8, 4) is 0 Å². The van der Waals surface area contributed by atoms with E-state index in [0.29, 0.717) is 0 Å². The van der Waals surface area contributed by atoms with Gasteiger partial charge in [-0.15, -0.1) is 0 Å². The maximum Gasteiger partial charge on any atom is 0.287 e. The van der Waals surface area contributed by atoms with Crippen LogP contribution in [0.1, 0.15) is 13.8 Å². The fraction of sp³-hybridized carbons (Fsp3) is 0.429. The van der Waals surface area contributed by atoms with Crippen LogP contribution in [0.3, 0.4) is 0 Å². The summed E-state index contributed by atoms with van der Waals surface area (Å²) >= 11 is 0. The standard InChI is InChI=1S/C7H9NO2/c1-4-3-6(4)8-7(10)5(2)9/h3,6H,1-2H3,(H,8,10). The summed E-state index contributed by atoms with van der Waals surface area (Å²) in [5, 5.41) is 2.52. The van der Waals surface area contributed by atoms with Gasteiger partial charge in [-0.05, 0) is 12.5 Å². The predicted octanol–water partition coefficient (Wildman–Crippen LogP) is 0.0201.